The second kappa shape index (κ2) is 5.63. The van der Waals surface area contributed by atoms with E-state index in [1.54, 1.807) is 0 Å². The molecule has 16 heavy (non-hydrogen) atoms. The van der Waals surface area contributed by atoms with E-state index in [0.29, 0.717) is 26.1 Å². The fraction of sp³-hybridized carbons (Fsp3) is 0.417. The molecule has 0 saturated carbocycles. The molecule has 1 aromatic rings. The van der Waals surface area contributed by atoms with Crippen LogP contribution in [0.25, 0.3) is 0 Å². The third-order valence-electron chi connectivity index (χ3n) is 2.36. The highest BCUT2D eigenvalue weighted by atomic mass is 16.7. The van der Waals surface area contributed by atoms with Crippen molar-refractivity contribution in [2.45, 2.75) is 19.1 Å². The number of rotatable bonds is 4. The molecule has 0 aliphatic carbocycles. The van der Waals surface area contributed by atoms with Gasteiger partial charge in [-0.1, -0.05) is 18.2 Å². The fourth-order valence-corrected chi connectivity index (χ4v) is 1.57. The molecule has 1 aliphatic heterocycles. The maximum Gasteiger partial charge on any atom is 0.224 e. The molecule has 4 heteroatoms. The quantitative estimate of drug-likeness (QED) is 0.843. The Morgan fingerprint density at radius 2 is 1.94 bits per heavy atom. The largest absolute Gasteiger partial charge is 0.350 e. The smallest absolute Gasteiger partial charge is 0.224 e. The number of carbonyl (C=O) groups excluding carboxylic acids is 1. The molecule has 1 aliphatic rings. The van der Waals surface area contributed by atoms with Crippen molar-refractivity contribution in [3.63, 3.8) is 0 Å². The van der Waals surface area contributed by atoms with Crippen LogP contribution in [-0.2, 0) is 14.3 Å². The first-order valence-electron chi connectivity index (χ1n) is 5.43. The van der Waals surface area contributed by atoms with Gasteiger partial charge in [0.1, 0.15) is 0 Å². The minimum absolute atomic E-state index is 0.00898. The highest BCUT2D eigenvalue weighted by Crippen LogP contribution is 2.11. The molecule has 1 saturated heterocycles. The number of amides is 1. The molecular formula is C12H15NO3. The first-order valence-corrected chi connectivity index (χ1v) is 5.43. The van der Waals surface area contributed by atoms with Gasteiger partial charge in [0, 0.05) is 18.5 Å². The lowest BCUT2D eigenvalue weighted by Gasteiger charge is -2.08. The summed E-state index contributed by atoms with van der Waals surface area (Å²) in [5.41, 5.74) is 0.820. The number of benzene rings is 1. The number of para-hydroxylation sites is 1. The Morgan fingerprint density at radius 3 is 2.62 bits per heavy atom. The molecule has 0 spiro atoms. The van der Waals surface area contributed by atoms with E-state index in [-0.39, 0.29) is 12.2 Å². The molecule has 1 fully saturated rings. The zero-order valence-electron chi connectivity index (χ0n) is 9.02. The Kier molecular flexibility index (Phi) is 3.91. The summed E-state index contributed by atoms with van der Waals surface area (Å²) in [6, 6.07) is 9.41. The van der Waals surface area contributed by atoms with Gasteiger partial charge >= 0.3 is 0 Å². The first kappa shape index (κ1) is 11.1. The van der Waals surface area contributed by atoms with E-state index in [4.69, 9.17) is 9.47 Å². The number of ether oxygens (including phenoxy) is 2. The summed E-state index contributed by atoms with van der Waals surface area (Å²) in [4.78, 5) is 11.5. The average molecular weight is 221 g/mol. The molecule has 1 amide bonds. The van der Waals surface area contributed by atoms with Crippen LogP contribution >= 0.6 is 0 Å². The van der Waals surface area contributed by atoms with Crippen molar-refractivity contribution < 1.29 is 14.3 Å². The topological polar surface area (TPSA) is 47.6 Å². The molecule has 0 unspecified atom stereocenters. The van der Waals surface area contributed by atoms with E-state index in [2.05, 4.69) is 5.32 Å². The summed E-state index contributed by atoms with van der Waals surface area (Å²) >= 11 is 0. The highest BCUT2D eigenvalue weighted by molar-refractivity contribution is 5.90. The molecule has 4 nitrogen and oxygen atoms in total. The second-order valence-electron chi connectivity index (χ2n) is 3.62. The second-order valence-corrected chi connectivity index (χ2v) is 3.62. The van der Waals surface area contributed by atoms with Crippen molar-refractivity contribution in [2.75, 3.05) is 18.5 Å². The number of nitrogens with one attached hydrogen (secondary N) is 1. The molecular weight excluding hydrogens is 206 g/mol. The molecule has 0 radical (unpaired) electrons. The molecule has 0 bridgehead atoms. The minimum Gasteiger partial charge on any atom is -0.350 e. The fourth-order valence-electron chi connectivity index (χ4n) is 1.57. The van der Waals surface area contributed by atoms with Crippen LogP contribution in [0.15, 0.2) is 30.3 Å². The Hall–Kier alpha value is -1.39. The van der Waals surface area contributed by atoms with Crippen LogP contribution in [0.1, 0.15) is 12.8 Å². The molecule has 2 rings (SSSR count). The van der Waals surface area contributed by atoms with Crippen LogP contribution in [0.2, 0.25) is 0 Å². The number of hydrogen-bond donors (Lipinski definition) is 1. The van der Waals surface area contributed by atoms with Crippen molar-refractivity contribution in [3.8, 4) is 0 Å². The number of hydrogen-bond acceptors (Lipinski definition) is 3. The summed E-state index contributed by atoms with van der Waals surface area (Å²) in [6.45, 7) is 1.26. The van der Waals surface area contributed by atoms with Gasteiger partial charge in [-0.25, -0.2) is 0 Å². The minimum atomic E-state index is -0.207. The van der Waals surface area contributed by atoms with Crippen LogP contribution in [0.3, 0.4) is 0 Å². The van der Waals surface area contributed by atoms with Gasteiger partial charge < -0.3 is 14.8 Å². The van der Waals surface area contributed by atoms with E-state index in [1.165, 1.54) is 0 Å². The summed E-state index contributed by atoms with van der Waals surface area (Å²) < 4.78 is 10.5. The zero-order chi connectivity index (χ0) is 11.2. The van der Waals surface area contributed by atoms with Crippen LogP contribution in [0, 0.1) is 0 Å². The van der Waals surface area contributed by atoms with Crippen molar-refractivity contribution in [3.05, 3.63) is 30.3 Å². The van der Waals surface area contributed by atoms with Gasteiger partial charge in [-0.15, -0.1) is 0 Å². The Bertz CT molecular complexity index is 333. The predicted molar refractivity (Wildman–Crippen MR) is 60.0 cm³/mol. The number of carbonyl (C=O) groups is 1. The first-order chi connectivity index (χ1) is 7.84. The summed E-state index contributed by atoms with van der Waals surface area (Å²) in [7, 11) is 0. The molecule has 0 atom stereocenters. The standard InChI is InChI=1S/C12H15NO3/c14-11(6-7-12-15-8-9-16-12)13-10-4-2-1-3-5-10/h1-5,12H,6-9H2,(H,13,14). The maximum atomic E-state index is 11.5. The lowest BCUT2D eigenvalue weighted by atomic mass is 10.2. The SMILES string of the molecule is O=C(CCC1OCCO1)Nc1ccccc1. The van der Waals surface area contributed by atoms with Gasteiger partial charge in [0.15, 0.2) is 6.29 Å². The van der Waals surface area contributed by atoms with Crippen molar-refractivity contribution in [1.29, 1.82) is 0 Å². The van der Waals surface area contributed by atoms with Gasteiger partial charge in [-0.05, 0) is 12.1 Å². The number of anilines is 1. The lowest BCUT2D eigenvalue weighted by Crippen LogP contribution is -2.16. The van der Waals surface area contributed by atoms with Gasteiger partial charge in [0.2, 0.25) is 5.91 Å². The monoisotopic (exact) mass is 221 g/mol. The van der Waals surface area contributed by atoms with Gasteiger partial charge in [0.05, 0.1) is 13.2 Å². The third-order valence-corrected chi connectivity index (χ3v) is 2.36. The Labute approximate surface area is 94.6 Å². The maximum absolute atomic E-state index is 11.5. The summed E-state index contributed by atoms with van der Waals surface area (Å²) in [5, 5.41) is 2.82. The van der Waals surface area contributed by atoms with E-state index in [1.807, 2.05) is 30.3 Å². The van der Waals surface area contributed by atoms with Crippen molar-refractivity contribution >= 4 is 11.6 Å². The van der Waals surface area contributed by atoms with Crippen LogP contribution in [0.4, 0.5) is 5.69 Å². The summed E-state index contributed by atoms with van der Waals surface area (Å²) in [5.74, 6) is -0.00898. The van der Waals surface area contributed by atoms with Crippen molar-refractivity contribution in [2.24, 2.45) is 0 Å². The third kappa shape index (κ3) is 3.32. The van der Waals surface area contributed by atoms with Gasteiger partial charge in [-0.2, -0.15) is 0 Å². The highest BCUT2D eigenvalue weighted by Gasteiger charge is 2.16. The lowest BCUT2D eigenvalue weighted by molar-refractivity contribution is -0.118. The molecule has 1 heterocycles. The van der Waals surface area contributed by atoms with Crippen LogP contribution < -0.4 is 5.32 Å². The molecule has 0 aromatic heterocycles. The van der Waals surface area contributed by atoms with Crippen LogP contribution in [-0.4, -0.2) is 25.4 Å². The molecule has 1 aromatic carbocycles. The Morgan fingerprint density at radius 1 is 1.25 bits per heavy atom. The zero-order valence-corrected chi connectivity index (χ0v) is 9.02. The van der Waals surface area contributed by atoms with Crippen LogP contribution in [0.5, 0.6) is 0 Å². The van der Waals surface area contributed by atoms with E-state index < -0.39 is 0 Å². The molecule has 86 valence electrons. The van der Waals surface area contributed by atoms with E-state index in [0.717, 1.165) is 5.69 Å². The van der Waals surface area contributed by atoms with Crippen molar-refractivity contribution in [1.82, 2.24) is 0 Å². The molecule has 1 N–H and O–H groups in total. The van der Waals surface area contributed by atoms with E-state index in [9.17, 15) is 4.79 Å². The predicted octanol–water partition coefficient (Wildman–Crippen LogP) is 1.78. The van der Waals surface area contributed by atoms with Gasteiger partial charge in [0.25, 0.3) is 0 Å². The summed E-state index contributed by atoms with van der Waals surface area (Å²) in [6.07, 6.45) is 0.819. The normalized spacial score (nSPS) is 16.2. The van der Waals surface area contributed by atoms with Gasteiger partial charge in [-0.3, -0.25) is 4.79 Å². The van der Waals surface area contributed by atoms with E-state index >= 15 is 0 Å². The average Bonchev–Trinajstić information content (AvgIpc) is 2.81. The Balaban J connectivity index is 1.72.